The summed E-state index contributed by atoms with van der Waals surface area (Å²) in [5.41, 5.74) is 0.875. The van der Waals surface area contributed by atoms with Gasteiger partial charge in [0, 0.05) is 18.7 Å². The molecule has 1 aliphatic rings. The average molecular weight is 265 g/mol. The second-order valence-corrected chi connectivity index (χ2v) is 5.39. The van der Waals surface area contributed by atoms with Gasteiger partial charge in [0.25, 0.3) is 0 Å². The molecule has 0 amide bonds. The topological polar surface area (TPSA) is 50.7 Å². The molecular formula is C15H23NO3. The van der Waals surface area contributed by atoms with Gasteiger partial charge in [-0.25, -0.2) is 0 Å². The van der Waals surface area contributed by atoms with Gasteiger partial charge in [0.15, 0.2) is 0 Å². The largest absolute Gasteiger partial charge is 0.497 e. The smallest absolute Gasteiger partial charge is 0.118 e. The van der Waals surface area contributed by atoms with E-state index in [4.69, 9.17) is 9.47 Å². The Morgan fingerprint density at radius 1 is 1.42 bits per heavy atom. The van der Waals surface area contributed by atoms with E-state index >= 15 is 0 Å². The molecule has 4 heteroatoms. The van der Waals surface area contributed by atoms with Gasteiger partial charge in [0.05, 0.1) is 19.8 Å². The summed E-state index contributed by atoms with van der Waals surface area (Å²) in [5.74, 6) is 0.802. The van der Waals surface area contributed by atoms with Gasteiger partial charge in [0.1, 0.15) is 5.75 Å². The Balaban J connectivity index is 1.87. The monoisotopic (exact) mass is 265 g/mol. The number of aliphatic hydroxyl groups is 1. The summed E-state index contributed by atoms with van der Waals surface area (Å²) in [5, 5.41) is 13.6. The number of benzene rings is 1. The van der Waals surface area contributed by atoms with Crippen LogP contribution in [0.3, 0.4) is 0 Å². The minimum absolute atomic E-state index is 0.0221. The molecule has 0 aliphatic carbocycles. The van der Waals surface area contributed by atoms with E-state index in [9.17, 15) is 5.11 Å². The molecule has 2 unspecified atom stereocenters. The third kappa shape index (κ3) is 3.93. The molecule has 1 saturated heterocycles. The Kier molecular flexibility index (Phi) is 4.80. The van der Waals surface area contributed by atoms with Crippen molar-refractivity contribution in [3.8, 4) is 5.75 Å². The van der Waals surface area contributed by atoms with E-state index in [2.05, 4.69) is 12.2 Å². The molecular weight excluding hydrogens is 242 g/mol. The van der Waals surface area contributed by atoms with Crippen LogP contribution in [0.15, 0.2) is 24.3 Å². The lowest BCUT2D eigenvalue weighted by atomic mass is 9.94. The van der Waals surface area contributed by atoms with Crippen molar-refractivity contribution in [2.24, 2.45) is 0 Å². The number of β-amino-alcohol motifs (C(OH)–C–C–N with tert-alkyl or cyclic N) is 1. The summed E-state index contributed by atoms with van der Waals surface area (Å²) in [4.78, 5) is 0. The summed E-state index contributed by atoms with van der Waals surface area (Å²) in [7, 11) is 1.64. The maximum atomic E-state index is 10.2. The average Bonchev–Trinajstić information content (AvgIpc) is 2.46. The molecule has 0 bridgehead atoms. The van der Waals surface area contributed by atoms with Crippen molar-refractivity contribution in [1.82, 2.24) is 5.32 Å². The fourth-order valence-electron chi connectivity index (χ4n) is 2.36. The zero-order valence-electron chi connectivity index (χ0n) is 11.7. The first-order valence-electron chi connectivity index (χ1n) is 6.78. The number of rotatable bonds is 5. The summed E-state index contributed by atoms with van der Waals surface area (Å²) >= 11 is 0. The Morgan fingerprint density at radius 2 is 2.16 bits per heavy atom. The van der Waals surface area contributed by atoms with E-state index in [0.29, 0.717) is 13.2 Å². The molecule has 1 heterocycles. The summed E-state index contributed by atoms with van der Waals surface area (Å²) < 4.78 is 10.6. The van der Waals surface area contributed by atoms with Crippen LogP contribution in [-0.4, -0.2) is 37.5 Å². The highest BCUT2D eigenvalue weighted by molar-refractivity contribution is 5.28. The van der Waals surface area contributed by atoms with E-state index < -0.39 is 6.10 Å². The van der Waals surface area contributed by atoms with E-state index in [1.54, 1.807) is 7.11 Å². The highest BCUT2D eigenvalue weighted by Gasteiger charge is 2.27. The molecule has 0 saturated carbocycles. The van der Waals surface area contributed by atoms with Crippen molar-refractivity contribution >= 4 is 0 Å². The Hall–Kier alpha value is -1.10. The van der Waals surface area contributed by atoms with Crippen LogP contribution in [0.4, 0.5) is 0 Å². The standard InChI is InChI=1S/C15H23NO3/c1-15(8-3-9-19-11-15)16-10-14(17)12-4-6-13(18-2)7-5-12/h4-7,14,16-17H,3,8-11H2,1-2H3. The molecule has 1 fully saturated rings. The van der Waals surface area contributed by atoms with Crippen molar-refractivity contribution in [2.45, 2.75) is 31.4 Å². The van der Waals surface area contributed by atoms with Gasteiger partial charge in [-0.05, 0) is 37.5 Å². The van der Waals surface area contributed by atoms with Gasteiger partial charge in [-0.2, -0.15) is 0 Å². The minimum Gasteiger partial charge on any atom is -0.497 e. The van der Waals surface area contributed by atoms with Crippen LogP contribution in [0.5, 0.6) is 5.75 Å². The van der Waals surface area contributed by atoms with Crippen LogP contribution >= 0.6 is 0 Å². The van der Waals surface area contributed by atoms with Crippen molar-refractivity contribution in [3.63, 3.8) is 0 Å². The van der Waals surface area contributed by atoms with E-state index in [1.165, 1.54) is 0 Å². The highest BCUT2D eigenvalue weighted by atomic mass is 16.5. The highest BCUT2D eigenvalue weighted by Crippen LogP contribution is 2.21. The second kappa shape index (κ2) is 6.37. The lowest BCUT2D eigenvalue weighted by Crippen LogP contribution is -2.50. The number of hydrogen-bond donors (Lipinski definition) is 2. The van der Waals surface area contributed by atoms with Crippen molar-refractivity contribution in [3.05, 3.63) is 29.8 Å². The van der Waals surface area contributed by atoms with Crippen LogP contribution in [-0.2, 0) is 4.74 Å². The summed E-state index contributed by atoms with van der Waals surface area (Å²) in [6.45, 7) is 4.24. The molecule has 2 atom stereocenters. The quantitative estimate of drug-likeness (QED) is 0.853. The Bertz CT molecular complexity index is 385. The number of methoxy groups -OCH3 is 1. The summed E-state index contributed by atoms with van der Waals surface area (Å²) in [6.07, 6.45) is 1.65. The zero-order chi connectivity index (χ0) is 13.7. The van der Waals surface area contributed by atoms with Crippen LogP contribution in [0, 0.1) is 0 Å². The van der Waals surface area contributed by atoms with Gasteiger partial charge in [-0.15, -0.1) is 0 Å². The van der Waals surface area contributed by atoms with Crippen LogP contribution in [0.1, 0.15) is 31.4 Å². The Labute approximate surface area is 114 Å². The molecule has 0 radical (unpaired) electrons. The maximum Gasteiger partial charge on any atom is 0.118 e. The number of nitrogens with one attached hydrogen (secondary N) is 1. The van der Waals surface area contributed by atoms with Crippen LogP contribution in [0.2, 0.25) is 0 Å². The van der Waals surface area contributed by atoms with Crippen molar-refractivity contribution in [2.75, 3.05) is 26.9 Å². The van der Waals surface area contributed by atoms with Crippen LogP contribution < -0.4 is 10.1 Å². The van der Waals surface area contributed by atoms with Gasteiger partial charge in [-0.1, -0.05) is 12.1 Å². The van der Waals surface area contributed by atoms with Gasteiger partial charge in [-0.3, -0.25) is 0 Å². The van der Waals surface area contributed by atoms with Gasteiger partial charge >= 0.3 is 0 Å². The maximum absolute atomic E-state index is 10.2. The van der Waals surface area contributed by atoms with E-state index in [-0.39, 0.29) is 5.54 Å². The molecule has 1 aromatic rings. The lowest BCUT2D eigenvalue weighted by Gasteiger charge is -2.35. The van der Waals surface area contributed by atoms with Gasteiger partial charge in [0.2, 0.25) is 0 Å². The molecule has 1 aromatic carbocycles. The van der Waals surface area contributed by atoms with E-state index in [1.807, 2.05) is 24.3 Å². The first kappa shape index (κ1) is 14.3. The Morgan fingerprint density at radius 3 is 2.74 bits per heavy atom. The molecule has 2 N–H and O–H groups in total. The van der Waals surface area contributed by atoms with Crippen LogP contribution in [0.25, 0.3) is 0 Å². The normalized spacial score (nSPS) is 25.0. The molecule has 0 aromatic heterocycles. The zero-order valence-corrected chi connectivity index (χ0v) is 11.7. The van der Waals surface area contributed by atoms with Gasteiger partial charge < -0.3 is 19.9 Å². The van der Waals surface area contributed by atoms with Crippen molar-refractivity contribution in [1.29, 1.82) is 0 Å². The number of aliphatic hydroxyl groups excluding tert-OH is 1. The third-order valence-electron chi connectivity index (χ3n) is 3.66. The molecule has 106 valence electrons. The fraction of sp³-hybridized carbons (Fsp3) is 0.600. The lowest BCUT2D eigenvalue weighted by molar-refractivity contribution is 0.0221. The van der Waals surface area contributed by atoms with Crippen molar-refractivity contribution < 1.29 is 14.6 Å². The minimum atomic E-state index is -0.510. The predicted octanol–water partition coefficient (Wildman–Crippen LogP) is 1.89. The number of hydrogen-bond acceptors (Lipinski definition) is 4. The molecule has 2 rings (SSSR count). The second-order valence-electron chi connectivity index (χ2n) is 5.39. The fourth-order valence-corrected chi connectivity index (χ4v) is 2.36. The molecule has 19 heavy (non-hydrogen) atoms. The first-order valence-corrected chi connectivity index (χ1v) is 6.78. The summed E-state index contributed by atoms with van der Waals surface area (Å²) in [6, 6.07) is 7.52. The first-order chi connectivity index (χ1) is 9.13. The SMILES string of the molecule is COc1ccc(C(O)CNC2(C)CCCOC2)cc1. The molecule has 1 aliphatic heterocycles. The van der Waals surface area contributed by atoms with E-state index in [0.717, 1.165) is 30.8 Å². The molecule has 0 spiro atoms. The predicted molar refractivity (Wildman–Crippen MR) is 74.4 cm³/mol. The third-order valence-corrected chi connectivity index (χ3v) is 3.66. The number of ether oxygens (including phenoxy) is 2. The molecule has 4 nitrogen and oxygen atoms in total.